The lowest BCUT2D eigenvalue weighted by molar-refractivity contribution is -0.387. The number of aliphatic hydroxyl groups excluding tert-OH is 1. The average Bonchev–Trinajstić information content (AvgIpc) is 2.26. The summed E-state index contributed by atoms with van der Waals surface area (Å²) >= 11 is 0. The van der Waals surface area contributed by atoms with Crippen LogP contribution in [0.25, 0.3) is 0 Å². The summed E-state index contributed by atoms with van der Waals surface area (Å²) in [5.41, 5.74) is -0.495. The SMILES string of the molecule is C[C@@H](O)CNS(=O)(=O)c1ccccc1[N+](=O)[O-]. The number of nitrogens with one attached hydrogen (secondary N) is 1. The molecule has 0 aliphatic carbocycles. The van der Waals surface area contributed by atoms with Crippen molar-refractivity contribution >= 4 is 15.7 Å². The first-order valence-corrected chi connectivity index (χ1v) is 6.24. The number of aliphatic hydroxyl groups is 1. The molecule has 0 radical (unpaired) electrons. The zero-order valence-electron chi connectivity index (χ0n) is 9.03. The van der Waals surface area contributed by atoms with Crippen LogP contribution in [0.15, 0.2) is 29.2 Å². The van der Waals surface area contributed by atoms with E-state index in [-0.39, 0.29) is 6.54 Å². The van der Waals surface area contributed by atoms with Crippen LogP contribution >= 0.6 is 0 Å². The number of sulfonamides is 1. The molecule has 0 aliphatic heterocycles. The van der Waals surface area contributed by atoms with E-state index in [0.29, 0.717) is 0 Å². The molecule has 0 spiro atoms. The number of benzene rings is 1. The van der Waals surface area contributed by atoms with Gasteiger partial charge in [0, 0.05) is 12.6 Å². The number of nitro groups is 1. The summed E-state index contributed by atoms with van der Waals surface area (Å²) < 4.78 is 25.6. The van der Waals surface area contributed by atoms with Gasteiger partial charge in [0.2, 0.25) is 10.0 Å². The Morgan fingerprint density at radius 3 is 2.59 bits per heavy atom. The first-order chi connectivity index (χ1) is 7.84. The molecule has 0 aliphatic rings. The third-order valence-corrected chi connectivity index (χ3v) is 3.39. The standard InChI is InChI=1S/C9H12N2O5S/c1-7(12)6-10-17(15,16)9-5-3-2-4-8(9)11(13)14/h2-5,7,10,12H,6H2,1H3/t7-/m1/s1. The van der Waals surface area contributed by atoms with Crippen molar-refractivity contribution in [1.29, 1.82) is 0 Å². The maximum absolute atomic E-state index is 11.7. The lowest BCUT2D eigenvalue weighted by atomic mass is 10.3. The Labute approximate surface area is 98.3 Å². The molecule has 0 saturated heterocycles. The molecule has 17 heavy (non-hydrogen) atoms. The summed E-state index contributed by atoms with van der Waals surface area (Å²) in [5.74, 6) is 0. The van der Waals surface area contributed by atoms with Crippen LogP contribution in [-0.2, 0) is 10.0 Å². The minimum atomic E-state index is -3.98. The van der Waals surface area contributed by atoms with Crippen molar-refractivity contribution in [2.75, 3.05) is 6.54 Å². The van der Waals surface area contributed by atoms with Gasteiger partial charge in [0.1, 0.15) is 0 Å². The molecule has 1 atom stereocenters. The molecule has 1 aromatic rings. The van der Waals surface area contributed by atoms with Crippen molar-refractivity contribution in [3.63, 3.8) is 0 Å². The van der Waals surface area contributed by atoms with E-state index in [4.69, 9.17) is 5.11 Å². The third kappa shape index (κ3) is 3.48. The van der Waals surface area contributed by atoms with Gasteiger partial charge in [-0.3, -0.25) is 10.1 Å². The summed E-state index contributed by atoms with van der Waals surface area (Å²) in [6.07, 6.45) is -0.868. The number of hydrogen-bond donors (Lipinski definition) is 2. The fourth-order valence-corrected chi connectivity index (χ4v) is 2.44. The van der Waals surface area contributed by atoms with Gasteiger partial charge in [-0.1, -0.05) is 12.1 Å². The highest BCUT2D eigenvalue weighted by Crippen LogP contribution is 2.22. The maximum atomic E-state index is 11.7. The topological polar surface area (TPSA) is 110 Å². The van der Waals surface area contributed by atoms with E-state index in [0.717, 1.165) is 12.1 Å². The fraction of sp³-hybridized carbons (Fsp3) is 0.333. The molecule has 0 saturated carbocycles. The van der Waals surface area contributed by atoms with Crippen LogP contribution in [0.5, 0.6) is 0 Å². The van der Waals surface area contributed by atoms with Crippen molar-refractivity contribution in [2.45, 2.75) is 17.9 Å². The van der Waals surface area contributed by atoms with Crippen LogP contribution in [0.1, 0.15) is 6.92 Å². The van der Waals surface area contributed by atoms with E-state index in [2.05, 4.69) is 4.72 Å². The minimum absolute atomic E-state index is 0.200. The van der Waals surface area contributed by atoms with Gasteiger partial charge in [0.05, 0.1) is 11.0 Å². The van der Waals surface area contributed by atoms with Gasteiger partial charge in [0.25, 0.3) is 5.69 Å². The smallest absolute Gasteiger partial charge is 0.289 e. The highest BCUT2D eigenvalue weighted by molar-refractivity contribution is 7.89. The molecule has 1 aromatic carbocycles. The second kappa shape index (κ2) is 5.21. The molecule has 0 amide bonds. The predicted molar refractivity (Wildman–Crippen MR) is 60.0 cm³/mol. The number of nitro benzene ring substituents is 1. The number of rotatable bonds is 5. The van der Waals surface area contributed by atoms with Crippen LogP contribution < -0.4 is 4.72 Å². The Morgan fingerprint density at radius 1 is 1.47 bits per heavy atom. The molecule has 0 fully saturated rings. The van der Waals surface area contributed by atoms with Crippen molar-refractivity contribution < 1.29 is 18.4 Å². The largest absolute Gasteiger partial charge is 0.392 e. The fourth-order valence-electron chi connectivity index (χ4n) is 1.14. The van der Waals surface area contributed by atoms with Crippen molar-refractivity contribution in [2.24, 2.45) is 0 Å². The highest BCUT2D eigenvalue weighted by atomic mass is 32.2. The Balaban J connectivity index is 3.11. The van der Waals surface area contributed by atoms with Gasteiger partial charge in [-0.2, -0.15) is 0 Å². The molecule has 1 rings (SSSR count). The number of nitrogens with zero attached hydrogens (tertiary/aromatic N) is 1. The predicted octanol–water partition coefficient (Wildman–Crippen LogP) is 0.254. The summed E-state index contributed by atoms with van der Waals surface area (Å²) in [7, 11) is -3.98. The van der Waals surface area contributed by atoms with E-state index in [9.17, 15) is 18.5 Å². The van der Waals surface area contributed by atoms with Crippen molar-refractivity contribution in [3.05, 3.63) is 34.4 Å². The zero-order chi connectivity index (χ0) is 13.1. The molecule has 0 unspecified atom stereocenters. The van der Waals surface area contributed by atoms with Gasteiger partial charge in [0.15, 0.2) is 4.90 Å². The van der Waals surface area contributed by atoms with E-state index in [1.54, 1.807) is 0 Å². The Morgan fingerprint density at radius 2 is 2.06 bits per heavy atom. The zero-order valence-corrected chi connectivity index (χ0v) is 9.85. The summed E-state index contributed by atoms with van der Waals surface area (Å²) in [5, 5.41) is 19.7. The molecule has 8 heteroatoms. The molecular formula is C9H12N2O5S. The first-order valence-electron chi connectivity index (χ1n) is 4.76. The maximum Gasteiger partial charge on any atom is 0.289 e. The molecule has 0 bridgehead atoms. The van der Waals surface area contributed by atoms with Crippen LogP contribution in [0.3, 0.4) is 0 Å². The van der Waals surface area contributed by atoms with E-state index in [1.165, 1.54) is 19.1 Å². The Bertz CT molecular complexity index is 512. The Kier molecular flexibility index (Phi) is 4.16. The second-order valence-electron chi connectivity index (χ2n) is 3.43. The molecular weight excluding hydrogens is 248 g/mol. The normalized spacial score (nSPS) is 13.3. The van der Waals surface area contributed by atoms with E-state index >= 15 is 0 Å². The van der Waals surface area contributed by atoms with Crippen molar-refractivity contribution in [3.8, 4) is 0 Å². The lowest BCUT2D eigenvalue weighted by Gasteiger charge is -2.08. The number of para-hydroxylation sites is 1. The third-order valence-electron chi connectivity index (χ3n) is 1.92. The van der Waals surface area contributed by atoms with Crippen molar-refractivity contribution in [1.82, 2.24) is 4.72 Å². The first kappa shape index (κ1) is 13.6. The number of hydrogen-bond acceptors (Lipinski definition) is 5. The van der Waals surface area contributed by atoms with E-state index < -0.39 is 31.6 Å². The minimum Gasteiger partial charge on any atom is -0.392 e. The molecule has 7 nitrogen and oxygen atoms in total. The van der Waals surface area contributed by atoms with Crippen LogP contribution in [-0.4, -0.2) is 31.1 Å². The summed E-state index contributed by atoms with van der Waals surface area (Å²) in [4.78, 5) is 9.49. The molecule has 0 heterocycles. The second-order valence-corrected chi connectivity index (χ2v) is 5.16. The van der Waals surface area contributed by atoms with Crippen LogP contribution in [0.2, 0.25) is 0 Å². The quantitative estimate of drug-likeness (QED) is 0.582. The molecule has 2 N–H and O–H groups in total. The van der Waals surface area contributed by atoms with E-state index in [1.807, 2.05) is 0 Å². The monoisotopic (exact) mass is 260 g/mol. The van der Waals surface area contributed by atoms with Gasteiger partial charge >= 0.3 is 0 Å². The summed E-state index contributed by atoms with van der Waals surface area (Å²) in [6, 6.07) is 5.02. The average molecular weight is 260 g/mol. The lowest BCUT2D eigenvalue weighted by Crippen LogP contribution is -2.31. The highest BCUT2D eigenvalue weighted by Gasteiger charge is 2.24. The van der Waals surface area contributed by atoms with Gasteiger partial charge in [-0.05, 0) is 13.0 Å². The van der Waals surface area contributed by atoms with Gasteiger partial charge in [-0.25, -0.2) is 13.1 Å². The summed E-state index contributed by atoms with van der Waals surface area (Å²) in [6.45, 7) is 1.20. The Hall–Kier alpha value is -1.51. The van der Waals surface area contributed by atoms with Crippen LogP contribution in [0.4, 0.5) is 5.69 Å². The molecule has 0 aromatic heterocycles. The molecule has 94 valence electrons. The van der Waals surface area contributed by atoms with Gasteiger partial charge < -0.3 is 5.11 Å². The van der Waals surface area contributed by atoms with Gasteiger partial charge in [-0.15, -0.1) is 0 Å². The van der Waals surface area contributed by atoms with Crippen LogP contribution in [0, 0.1) is 10.1 Å².